The van der Waals surface area contributed by atoms with Gasteiger partial charge in [-0.15, -0.1) is 0 Å². The second-order valence-corrected chi connectivity index (χ2v) is 8.16. The number of amides is 2. The molecule has 0 atom stereocenters. The van der Waals surface area contributed by atoms with Crippen molar-refractivity contribution in [2.24, 2.45) is 0 Å². The van der Waals surface area contributed by atoms with Crippen molar-refractivity contribution in [3.05, 3.63) is 83.1 Å². The van der Waals surface area contributed by atoms with Crippen LogP contribution in [0.1, 0.15) is 37.7 Å². The molecular weight excluding hydrogens is 430 g/mol. The van der Waals surface area contributed by atoms with Crippen LogP contribution in [0.15, 0.2) is 59.0 Å². The normalized spacial score (nSPS) is 10.6. The van der Waals surface area contributed by atoms with Crippen LogP contribution >= 0.6 is 0 Å². The van der Waals surface area contributed by atoms with Crippen LogP contribution in [0.4, 0.5) is 13.6 Å². The first-order chi connectivity index (χ1) is 15.6. The summed E-state index contributed by atoms with van der Waals surface area (Å²) >= 11 is 0. The number of aryl methyl sites for hydroxylation is 1. The first kappa shape index (κ1) is 25.6. The molecule has 0 unspecified atom stereocenters. The SMILES string of the molecule is Cc1ccc(-c2ccccc2CNC(=O)OC(C)(C)C)o1.O=CNCc1ccc(F)cc1F. The van der Waals surface area contributed by atoms with Gasteiger partial charge in [0.2, 0.25) is 6.41 Å². The fourth-order valence-electron chi connectivity index (χ4n) is 2.79. The maximum atomic E-state index is 12.8. The van der Waals surface area contributed by atoms with E-state index >= 15 is 0 Å². The summed E-state index contributed by atoms with van der Waals surface area (Å²) in [6.45, 7) is 7.90. The van der Waals surface area contributed by atoms with Gasteiger partial charge >= 0.3 is 6.09 Å². The number of hydrogen-bond acceptors (Lipinski definition) is 4. The molecule has 1 heterocycles. The van der Waals surface area contributed by atoms with Gasteiger partial charge in [0, 0.05) is 30.3 Å². The number of halogens is 2. The van der Waals surface area contributed by atoms with Gasteiger partial charge in [-0.25, -0.2) is 13.6 Å². The molecule has 176 valence electrons. The van der Waals surface area contributed by atoms with Crippen LogP contribution < -0.4 is 10.6 Å². The number of carbonyl (C=O) groups is 2. The molecule has 8 heteroatoms. The number of hydrogen-bond donors (Lipinski definition) is 2. The van der Waals surface area contributed by atoms with Crippen LogP contribution in [-0.4, -0.2) is 18.1 Å². The van der Waals surface area contributed by atoms with Crippen molar-refractivity contribution in [1.82, 2.24) is 10.6 Å². The smallest absolute Gasteiger partial charge is 0.407 e. The molecule has 0 saturated carbocycles. The zero-order chi connectivity index (χ0) is 24.4. The number of rotatable bonds is 6. The summed E-state index contributed by atoms with van der Waals surface area (Å²) in [5.41, 5.74) is 1.73. The van der Waals surface area contributed by atoms with Crippen LogP contribution in [0.3, 0.4) is 0 Å². The highest BCUT2D eigenvalue weighted by molar-refractivity contribution is 5.69. The molecule has 0 spiro atoms. The molecule has 0 saturated heterocycles. The number of nitrogens with one attached hydrogen (secondary N) is 2. The standard InChI is InChI=1S/C17H21NO3.C8H7F2NO/c1-12-9-10-15(20-12)14-8-6-5-7-13(14)11-18-16(19)21-17(2,3)4;9-7-2-1-6(4-11-5-12)8(10)3-7/h5-10H,11H2,1-4H3,(H,18,19);1-3,5H,4H2,(H,11,12). The van der Waals surface area contributed by atoms with Gasteiger partial charge in [-0.1, -0.05) is 30.3 Å². The minimum Gasteiger partial charge on any atom is -0.461 e. The number of benzene rings is 2. The highest BCUT2D eigenvalue weighted by Gasteiger charge is 2.16. The number of alkyl carbamates (subject to hydrolysis) is 1. The Morgan fingerprint density at radius 1 is 1.03 bits per heavy atom. The third-order valence-electron chi connectivity index (χ3n) is 4.24. The van der Waals surface area contributed by atoms with Crippen molar-refractivity contribution < 1.29 is 27.5 Å². The molecule has 2 aromatic carbocycles. The van der Waals surface area contributed by atoms with Gasteiger partial charge in [-0.05, 0) is 51.5 Å². The predicted molar refractivity (Wildman–Crippen MR) is 121 cm³/mol. The summed E-state index contributed by atoms with van der Waals surface area (Å²) in [5, 5.41) is 5.05. The molecule has 6 nitrogen and oxygen atoms in total. The first-order valence-electron chi connectivity index (χ1n) is 10.3. The Hall–Kier alpha value is -3.68. The summed E-state index contributed by atoms with van der Waals surface area (Å²) in [6.07, 6.45) is 0.0379. The van der Waals surface area contributed by atoms with Gasteiger partial charge in [0.05, 0.1) is 0 Å². The molecule has 3 aromatic rings. The topological polar surface area (TPSA) is 80.6 Å². The third-order valence-corrected chi connectivity index (χ3v) is 4.24. The quantitative estimate of drug-likeness (QED) is 0.479. The molecule has 3 rings (SSSR count). The molecule has 0 radical (unpaired) electrons. The zero-order valence-corrected chi connectivity index (χ0v) is 19.1. The minimum absolute atomic E-state index is 0.0790. The summed E-state index contributed by atoms with van der Waals surface area (Å²) in [4.78, 5) is 21.6. The first-order valence-corrected chi connectivity index (χ1v) is 10.3. The number of carbonyl (C=O) groups excluding carboxylic acids is 2. The average Bonchev–Trinajstić information content (AvgIpc) is 3.17. The van der Waals surface area contributed by atoms with Crippen LogP contribution in [0.25, 0.3) is 11.3 Å². The number of ether oxygens (including phenoxy) is 1. The van der Waals surface area contributed by atoms with Gasteiger partial charge in [0.1, 0.15) is 28.8 Å². The van der Waals surface area contributed by atoms with E-state index < -0.39 is 23.3 Å². The Bertz CT molecular complexity index is 1070. The summed E-state index contributed by atoms with van der Waals surface area (Å²) in [5.74, 6) is 0.390. The minimum atomic E-state index is -0.649. The Balaban J connectivity index is 0.000000273. The lowest BCUT2D eigenvalue weighted by Crippen LogP contribution is -2.32. The summed E-state index contributed by atoms with van der Waals surface area (Å²) in [7, 11) is 0. The van der Waals surface area contributed by atoms with E-state index in [1.54, 1.807) is 0 Å². The van der Waals surface area contributed by atoms with Gasteiger partial charge in [-0.3, -0.25) is 4.79 Å². The molecule has 0 aliphatic carbocycles. The Labute approximate surface area is 191 Å². The highest BCUT2D eigenvalue weighted by Crippen LogP contribution is 2.25. The molecule has 0 bridgehead atoms. The lowest BCUT2D eigenvalue weighted by atomic mass is 10.1. The van der Waals surface area contributed by atoms with E-state index in [-0.39, 0.29) is 12.1 Å². The van der Waals surface area contributed by atoms with Gasteiger partial charge in [-0.2, -0.15) is 0 Å². The maximum Gasteiger partial charge on any atom is 0.407 e. The monoisotopic (exact) mass is 458 g/mol. The third kappa shape index (κ3) is 8.76. The second kappa shape index (κ2) is 11.8. The maximum absolute atomic E-state index is 12.8. The second-order valence-electron chi connectivity index (χ2n) is 8.16. The van der Waals surface area contributed by atoms with Crippen molar-refractivity contribution in [3.8, 4) is 11.3 Å². The lowest BCUT2D eigenvalue weighted by Gasteiger charge is -2.20. The molecule has 2 N–H and O–H groups in total. The molecule has 0 aliphatic rings. The lowest BCUT2D eigenvalue weighted by molar-refractivity contribution is -0.109. The van der Waals surface area contributed by atoms with Crippen LogP contribution in [0.2, 0.25) is 0 Å². The molecule has 0 aliphatic heterocycles. The van der Waals surface area contributed by atoms with Crippen molar-refractivity contribution in [2.75, 3.05) is 0 Å². The van der Waals surface area contributed by atoms with E-state index in [0.717, 1.165) is 34.8 Å². The average molecular weight is 459 g/mol. The van der Waals surface area contributed by atoms with E-state index in [1.165, 1.54) is 6.07 Å². The Morgan fingerprint density at radius 3 is 2.36 bits per heavy atom. The van der Waals surface area contributed by atoms with Crippen molar-refractivity contribution in [3.63, 3.8) is 0 Å². The molecule has 0 fully saturated rings. The highest BCUT2D eigenvalue weighted by atomic mass is 19.1. The van der Waals surface area contributed by atoms with E-state index in [4.69, 9.17) is 9.15 Å². The largest absolute Gasteiger partial charge is 0.461 e. The van der Waals surface area contributed by atoms with E-state index in [1.807, 2.05) is 64.1 Å². The van der Waals surface area contributed by atoms with Crippen LogP contribution in [0, 0.1) is 18.6 Å². The molecule has 2 amide bonds. The summed E-state index contributed by atoms with van der Waals surface area (Å²) < 4.78 is 36.0. The predicted octanol–water partition coefficient (Wildman–Crippen LogP) is 5.49. The van der Waals surface area contributed by atoms with Gasteiger partial charge in [0.15, 0.2) is 0 Å². The van der Waals surface area contributed by atoms with Crippen molar-refractivity contribution in [2.45, 2.75) is 46.4 Å². The molecule has 1 aromatic heterocycles. The van der Waals surface area contributed by atoms with E-state index in [2.05, 4.69) is 10.6 Å². The van der Waals surface area contributed by atoms with Crippen LogP contribution in [-0.2, 0) is 22.6 Å². The fourth-order valence-corrected chi connectivity index (χ4v) is 2.79. The van der Waals surface area contributed by atoms with E-state index in [0.29, 0.717) is 13.0 Å². The van der Waals surface area contributed by atoms with Gasteiger partial charge < -0.3 is 19.8 Å². The molecule has 33 heavy (non-hydrogen) atoms. The van der Waals surface area contributed by atoms with Gasteiger partial charge in [0.25, 0.3) is 0 Å². The van der Waals surface area contributed by atoms with E-state index in [9.17, 15) is 18.4 Å². The zero-order valence-electron chi connectivity index (χ0n) is 19.1. The summed E-state index contributed by atoms with van der Waals surface area (Å²) in [6, 6.07) is 14.9. The molecular formula is C25H28F2N2O4. The van der Waals surface area contributed by atoms with Crippen LogP contribution in [0.5, 0.6) is 0 Å². The Kier molecular flexibility index (Phi) is 9.15. The fraction of sp³-hybridized carbons (Fsp3) is 0.280. The van der Waals surface area contributed by atoms with Crippen molar-refractivity contribution in [1.29, 1.82) is 0 Å². The van der Waals surface area contributed by atoms with Crippen molar-refractivity contribution >= 4 is 12.5 Å². The Morgan fingerprint density at radius 2 is 1.76 bits per heavy atom. The number of furan rings is 1.